The summed E-state index contributed by atoms with van der Waals surface area (Å²) in [7, 11) is 0. The molecule has 38 heavy (non-hydrogen) atoms. The Morgan fingerprint density at radius 2 is 1.79 bits per heavy atom. The average molecular weight is 535 g/mol. The van der Waals surface area contributed by atoms with Gasteiger partial charge in [0.25, 0.3) is 0 Å². The van der Waals surface area contributed by atoms with E-state index in [1.54, 1.807) is 33.5 Å². The van der Waals surface area contributed by atoms with Crippen molar-refractivity contribution >= 4 is 29.4 Å². The van der Waals surface area contributed by atoms with Crippen LogP contribution in [0.1, 0.15) is 67.7 Å². The summed E-state index contributed by atoms with van der Waals surface area (Å²) in [6, 6.07) is 14.5. The summed E-state index contributed by atoms with van der Waals surface area (Å²) in [5.41, 5.74) is 4.35. The molecule has 1 atom stereocenters. The molecule has 1 saturated heterocycles. The Kier molecular flexibility index (Phi) is 7.36. The highest BCUT2D eigenvalue weighted by atomic mass is 32.2. The lowest BCUT2D eigenvalue weighted by molar-refractivity contribution is -0.132. The van der Waals surface area contributed by atoms with Crippen molar-refractivity contribution in [2.75, 3.05) is 30.3 Å². The van der Waals surface area contributed by atoms with Crippen molar-refractivity contribution in [1.29, 1.82) is 0 Å². The van der Waals surface area contributed by atoms with Gasteiger partial charge in [-0.05, 0) is 56.0 Å². The first-order chi connectivity index (χ1) is 18.1. The van der Waals surface area contributed by atoms with Crippen molar-refractivity contribution in [2.45, 2.75) is 57.6 Å². The molecule has 2 amide bonds. The Labute approximate surface area is 228 Å². The number of amides is 2. The van der Waals surface area contributed by atoms with Crippen LogP contribution in [0, 0.1) is 12.7 Å². The van der Waals surface area contributed by atoms with Gasteiger partial charge in [0.05, 0.1) is 22.4 Å². The number of fused-ring (bicyclic) bond motifs is 1. The highest BCUT2D eigenvalue weighted by molar-refractivity contribution is 8.00. The second-order valence-electron chi connectivity index (χ2n) is 11.3. The van der Waals surface area contributed by atoms with E-state index in [1.165, 1.54) is 12.1 Å². The van der Waals surface area contributed by atoms with Gasteiger partial charge in [0, 0.05) is 24.1 Å². The largest absolute Gasteiger partial charge is 0.341 e. The average Bonchev–Trinajstić information content (AvgIpc) is 3.22. The van der Waals surface area contributed by atoms with Gasteiger partial charge >= 0.3 is 0 Å². The third-order valence-corrected chi connectivity index (χ3v) is 8.47. The summed E-state index contributed by atoms with van der Waals surface area (Å²) in [5.74, 6) is 0.332. The maximum atomic E-state index is 13.9. The van der Waals surface area contributed by atoms with Gasteiger partial charge in [0.2, 0.25) is 11.8 Å². The number of halogens is 1. The Bertz CT molecular complexity index is 1340. The molecule has 0 bridgehead atoms. The number of carbonyl (C=O) groups is 2. The third-order valence-electron chi connectivity index (χ3n) is 7.22. The SMILES string of the molecule is Cc1cccc(C2SCC(=O)N(CC(=O)N3CCCCC3)c3c2c(C(C)(C)C)nn3-c2ccc(F)cc2)c1. The van der Waals surface area contributed by atoms with E-state index in [-0.39, 0.29) is 40.6 Å². The molecule has 8 heteroatoms. The zero-order chi connectivity index (χ0) is 27.0. The maximum absolute atomic E-state index is 13.9. The molecule has 200 valence electrons. The van der Waals surface area contributed by atoms with E-state index < -0.39 is 0 Å². The number of aromatic nitrogens is 2. The van der Waals surface area contributed by atoms with Gasteiger partial charge in [-0.25, -0.2) is 9.07 Å². The second kappa shape index (κ2) is 10.6. The van der Waals surface area contributed by atoms with Crippen LogP contribution in [-0.4, -0.2) is 51.9 Å². The summed E-state index contributed by atoms with van der Waals surface area (Å²) < 4.78 is 15.6. The van der Waals surface area contributed by atoms with Crippen LogP contribution in [0.5, 0.6) is 0 Å². The molecule has 6 nitrogen and oxygen atoms in total. The van der Waals surface area contributed by atoms with Gasteiger partial charge in [-0.2, -0.15) is 5.10 Å². The number of piperidine rings is 1. The first kappa shape index (κ1) is 26.5. The number of likely N-dealkylation sites (tertiary alicyclic amines) is 1. The van der Waals surface area contributed by atoms with E-state index in [9.17, 15) is 14.0 Å². The number of rotatable bonds is 4. The fourth-order valence-corrected chi connectivity index (χ4v) is 6.50. The quantitative estimate of drug-likeness (QED) is 0.425. The smallest absolute Gasteiger partial charge is 0.242 e. The van der Waals surface area contributed by atoms with E-state index in [0.29, 0.717) is 11.5 Å². The monoisotopic (exact) mass is 534 g/mol. The van der Waals surface area contributed by atoms with E-state index in [4.69, 9.17) is 5.10 Å². The second-order valence-corrected chi connectivity index (χ2v) is 12.3. The lowest BCUT2D eigenvalue weighted by atomic mass is 9.87. The molecule has 1 unspecified atom stereocenters. The molecule has 3 heterocycles. The molecule has 0 aliphatic carbocycles. The number of hydrogen-bond donors (Lipinski definition) is 0. The standard InChI is InChI=1S/C30H35FN4O2S/c1-20-9-8-10-21(17-20)27-26-28(30(2,3)4)32-35(23-13-11-22(31)12-14-23)29(26)34(25(37)19-38-27)18-24(36)33-15-6-5-7-16-33/h8-14,17,27H,5-7,15-16,18-19H2,1-4H3. The molecule has 1 aromatic heterocycles. The summed E-state index contributed by atoms with van der Waals surface area (Å²) in [6.07, 6.45) is 3.09. The molecule has 0 N–H and O–H groups in total. The number of carbonyl (C=O) groups excluding carboxylic acids is 2. The fraction of sp³-hybridized carbons (Fsp3) is 0.433. The number of benzene rings is 2. The van der Waals surface area contributed by atoms with Crippen molar-refractivity contribution in [3.8, 4) is 5.69 Å². The molecular formula is C30H35FN4O2S. The summed E-state index contributed by atoms with van der Waals surface area (Å²) in [4.78, 5) is 30.7. The molecule has 2 aliphatic heterocycles. The lowest BCUT2D eigenvalue weighted by Crippen LogP contribution is -2.45. The first-order valence-electron chi connectivity index (χ1n) is 13.3. The van der Waals surface area contributed by atoms with Crippen LogP contribution < -0.4 is 4.90 Å². The minimum Gasteiger partial charge on any atom is -0.341 e. The fourth-order valence-electron chi connectivity index (χ4n) is 5.31. The molecule has 5 rings (SSSR count). The Morgan fingerprint density at radius 3 is 2.45 bits per heavy atom. The van der Waals surface area contributed by atoms with Crippen LogP contribution in [0.4, 0.5) is 10.2 Å². The third kappa shape index (κ3) is 5.23. The van der Waals surface area contributed by atoms with Crippen LogP contribution in [0.25, 0.3) is 5.69 Å². The van der Waals surface area contributed by atoms with Gasteiger partial charge in [-0.1, -0.05) is 50.6 Å². The highest BCUT2D eigenvalue weighted by Crippen LogP contribution is 2.48. The van der Waals surface area contributed by atoms with Crippen molar-refractivity contribution in [3.63, 3.8) is 0 Å². The number of nitrogens with zero attached hydrogens (tertiary/aromatic N) is 4. The minimum atomic E-state index is -0.343. The van der Waals surface area contributed by atoms with Crippen molar-refractivity contribution in [1.82, 2.24) is 14.7 Å². The van der Waals surface area contributed by atoms with E-state index >= 15 is 0 Å². The minimum absolute atomic E-state index is 0.0383. The first-order valence-corrected chi connectivity index (χ1v) is 14.3. The number of aryl methyl sites for hydroxylation is 1. The predicted molar refractivity (Wildman–Crippen MR) is 150 cm³/mol. The zero-order valence-electron chi connectivity index (χ0n) is 22.5. The Balaban J connectivity index is 1.73. The maximum Gasteiger partial charge on any atom is 0.242 e. The highest BCUT2D eigenvalue weighted by Gasteiger charge is 2.40. The van der Waals surface area contributed by atoms with Gasteiger partial charge in [0.15, 0.2) is 0 Å². The molecule has 0 saturated carbocycles. The summed E-state index contributed by atoms with van der Waals surface area (Å²) >= 11 is 1.57. The van der Waals surface area contributed by atoms with Crippen LogP contribution >= 0.6 is 11.8 Å². The molecule has 2 aromatic carbocycles. The van der Waals surface area contributed by atoms with Crippen LogP contribution in [0.15, 0.2) is 48.5 Å². The van der Waals surface area contributed by atoms with Crippen molar-refractivity contribution in [3.05, 3.63) is 76.7 Å². The van der Waals surface area contributed by atoms with Crippen molar-refractivity contribution in [2.24, 2.45) is 0 Å². The van der Waals surface area contributed by atoms with Crippen molar-refractivity contribution < 1.29 is 14.0 Å². The van der Waals surface area contributed by atoms with E-state index in [0.717, 1.165) is 54.7 Å². The molecule has 3 aromatic rings. The molecular weight excluding hydrogens is 499 g/mol. The van der Waals surface area contributed by atoms with Gasteiger partial charge < -0.3 is 4.90 Å². The summed E-state index contributed by atoms with van der Waals surface area (Å²) in [5, 5.41) is 4.92. The predicted octanol–water partition coefficient (Wildman–Crippen LogP) is 5.80. The van der Waals surface area contributed by atoms with Gasteiger partial charge in [-0.15, -0.1) is 11.8 Å². The van der Waals surface area contributed by atoms with Gasteiger partial charge in [-0.3, -0.25) is 14.5 Å². The van der Waals surface area contributed by atoms with E-state index in [1.807, 2.05) is 11.0 Å². The normalized spacial score (nSPS) is 18.3. The zero-order valence-corrected chi connectivity index (χ0v) is 23.4. The topological polar surface area (TPSA) is 58.4 Å². The molecule has 2 aliphatic rings. The number of anilines is 1. The molecule has 1 fully saturated rings. The Hall–Kier alpha value is -3.13. The summed E-state index contributed by atoms with van der Waals surface area (Å²) in [6.45, 7) is 9.80. The number of thioether (sulfide) groups is 1. The van der Waals surface area contributed by atoms with Crippen LogP contribution in [0.2, 0.25) is 0 Å². The van der Waals surface area contributed by atoms with Crippen LogP contribution in [0.3, 0.4) is 0 Å². The molecule has 0 spiro atoms. The van der Waals surface area contributed by atoms with Crippen LogP contribution in [-0.2, 0) is 15.0 Å². The molecule has 0 radical (unpaired) electrons. The Morgan fingerprint density at radius 1 is 1.08 bits per heavy atom. The lowest BCUT2D eigenvalue weighted by Gasteiger charge is -2.30. The number of hydrogen-bond acceptors (Lipinski definition) is 4. The van der Waals surface area contributed by atoms with Gasteiger partial charge in [0.1, 0.15) is 18.2 Å². The van der Waals surface area contributed by atoms with E-state index in [2.05, 4.69) is 45.9 Å².